The van der Waals surface area contributed by atoms with Crippen molar-refractivity contribution in [1.82, 2.24) is 9.97 Å². The number of H-pyrrole nitrogens is 1. The third-order valence-corrected chi connectivity index (χ3v) is 8.45. The van der Waals surface area contributed by atoms with Gasteiger partial charge in [0.05, 0.1) is 18.0 Å². The van der Waals surface area contributed by atoms with Crippen LogP contribution in [0.25, 0.3) is 27.1 Å². The van der Waals surface area contributed by atoms with Gasteiger partial charge < -0.3 is 20.6 Å². The number of carboxylic acid groups (broad SMARTS) is 1. The Bertz CT molecular complexity index is 1650. The fourth-order valence-electron chi connectivity index (χ4n) is 4.19. The molecule has 218 valence electrons. The molecule has 10 heteroatoms. The molecule has 42 heavy (non-hydrogen) atoms. The fourth-order valence-corrected chi connectivity index (χ4v) is 6.00. The van der Waals surface area contributed by atoms with Gasteiger partial charge in [0.25, 0.3) is 0 Å². The number of aromatic amines is 1. The lowest BCUT2D eigenvalue weighted by molar-refractivity contribution is 0.0702. The Morgan fingerprint density at radius 1 is 1.05 bits per heavy atom. The summed E-state index contributed by atoms with van der Waals surface area (Å²) in [5.74, 6) is -0.801. The monoisotopic (exact) mass is 711 g/mol. The predicted molar refractivity (Wildman–Crippen MR) is 178 cm³/mol. The average Bonchev–Trinajstić information content (AvgIpc) is 3.75. The number of nitrogens with zero attached hydrogens (tertiary/aromatic N) is 1. The molecule has 2 aromatic carbocycles. The first-order chi connectivity index (χ1) is 20.1. The van der Waals surface area contributed by atoms with E-state index in [0.717, 1.165) is 61.7 Å². The normalized spacial score (nSPS) is 14.7. The van der Waals surface area contributed by atoms with Crippen LogP contribution < -0.4 is 5.73 Å². The Morgan fingerprint density at radius 2 is 1.79 bits per heavy atom. The first kappa shape index (κ1) is 31.8. The first-order valence-electron chi connectivity index (χ1n) is 13.3. The van der Waals surface area contributed by atoms with Crippen molar-refractivity contribution in [1.29, 1.82) is 0 Å². The topological polar surface area (TPSA) is 118 Å². The second-order valence-electron chi connectivity index (χ2n) is 9.79. The molecule has 1 fully saturated rings. The average molecular weight is 713 g/mol. The van der Waals surface area contributed by atoms with E-state index < -0.39 is 5.97 Å². The van der Waals surface area contributed by atoms with Crippen molar-refractivity contribution >= 4 is 82.0 Å². The zero-order chi connectivity index (χ0) is 30.2. The van der Waals surface area contributed by atoms with E-state index in [9.17, 15) is 9.59 Å². The number of thiophene rings is 1. The molecule has 5 aromatic rings. The van der Waals surface area contributed by atoms with E-state index in [0.29, 0.717) is 16.6 Å². The summed E-state index contributed by atoms with van der Waals surface area (Å²) in [7, 11) is 0. The summed E-state index contributed by atoms with van der Waals surface area (Å²) >= 11 is 8.00. The molecule has 3 aromatic heterocycles. The van der Waals surface area contributed by atoms with Gasteiger partial charge in [-0.05, 0) is 66.8 Å². The molecule has 1 aliphatic heterocycles. The third kappa shape index (κ3) is 8.92. The van der Waals surface area contributed by atoms with Gasteiger partial charge in [0.15, 0.2) is 5.78 Å². The summed E-state index contributed by atoms with van der Waals surface area (Å²) in [4.78, 5) is 29.5. The van der Waals surface area contributed by atoms with Crippen molar-refractivity contribution < 1.29 is 19.4 Å². The molecule has 1 unspecified atom stereocenters. The van der Waals surface area contributed by atoms with E-state index in [-0.39, 0.29) is 5.78 Å². The number of aromatic carboxylic acids is 1. The second-order valence-corrected chi connectivity index (χ2v) is 12.7. The summed E-state index contributed by atoms with van der Waals surface area (Å²) < 4.78 is 7.91. The minimum atomic E-state index is -0.864. The molecule has 0 bridgehead atoms. The molecule has 4 heterocycles. The maximum atomic E-state index is 11.1. The summed E-state index contributed by atoms with van der Waals surface area (Å²) in [5, 5.41) is 10.8. The van der Waals surface area contributed by atoms with Gasteiger partial charge in [0.1, 0.15) is 4.88 Å². The number of aromatic nitrogens is 2. The number of allylic oxidation sites excluding steroid dienone is 1. The highest BCUT2D eigenvalue weighted by molar-refractivity contribution is 9.10. The summed E-state index contributed by atoms with van der Waals surface area (Å²) in [6.07, 6.45) is 6.33. The SMILES string of the molecule is CC(=O)c1cc2ccc(Br)cc2[nH]1.Cc1ccc2c(n1)CC=C2.NC1CCOC1.O=C(O)c1cc2ccc(Br)cc2s1. The number of hydrogen-bond donors (Lipinski definition) is 3. The smallest absolute Gasteiger partial charge is 0.345 e. The number of ketones is 1. The van der Waals surface area contributed by atoms with Gasteiger partial charge >= 0.3 is 5.97 Å². The molecule has 0 amide bonds. The lowest BCUT2D eigenvalue weighted by atomic mass is 10.2. The highest BCUT2D eigenvalue weighted by Gasteiger charge is 2.09. The van der Waals surface area contributed by atoms with Crippen LogP contribution >= 0.6 is 43.2 Å². The quantitative estimate of drug-likeness (QED) is 0.159. The van der Waals surface area contributed by atoms with Crippen molar-refractivity contribution in [3.05, 3.63) is 103 Å². The lowest BCUT2D eigenvalue weighted by Gasteiger charge is -1.97. The zero-order valence-corrected chi connectivity index (χ0v) is 27.2. The van der Waals surface area contributed by atoms with Crippen LogP contribution in [0.4, 0.5) is 0 Å². The van der Waals surface area contributed by atoms with E-state index in [1.807, 2.05) is 49.4 Å². The van der Waals surface area contributed by atoms with Gasteiger partial charge in [-0.25, -0.2) is 4.79 Å². The number of hydrogen-bond acceptors (Lipinski definition) is 6. The van der Waals surface area contributed by atoms with Crippen molar-refractivity contribution in [3.63, 3.8) is 0 Å². The highest BCUT2D eigenvalue weighted by atomic mass is 79.9. The highest BCUT2D eigenvalue weighted by Crippen LogP contribution is 2.28. The minimum Gasteiger partial charge on any atom is -0.477 e. The Morgan fingerprint density at radius 3 is 2.43 bits per heavy atom. The number of aryl methyl sites for hydroxylation is 1. The van der Waals surface area contributed by atoms with E-state index in [2.05, 4.69) is 66.1 Å². The number of Topliss-reactive ketones (excluding diaryl/α,β-unsaturated/α-hetero) is 1. The van der Waals surface area contributed by atoms with Crippen LogP contribution in [0.3, 0.4) is 0 Å². The molecule has 1 saturated heterocycles. The number of benzene rings is 2. The molecule has 1 atom stereocenters. The number of nitrogens with two attached hydrogens (primary N) is 1. The number of pyridine rings is 1. The minimum absolute atomic E-state index is 0.0623. The molecule has 2 aliphatic rings. The van der Waals surface area contributed by atoms with Gasteiger partial charge in [-0.3, -0.25) is 9.78 Å². The molecule has 0 spiro atoms. The number of nitrogens with one attached hydrogen (secondary N) is 1. The van der Waals surface area contributed by atoms with Crippen molar-refractivity contribution in [2.75, 3.05) is 13.2 Å². The number of ether oxygens (including phenoxy) is 1. The number of rotatable bonds is 2. The van der Waals surface area contributed by atoms with Crippen LogP contribution in [0.5, 0.6) is 0 Å². The molecule has 7 nitrogen and oxygen atoms in total. The maximum absolute atomic E-state index is 11.1. The maximum Gasteiger partial charge on any atom is 0.345 e. The largest absolute Gasteiger partial charge is 0.477 e. The van der Waals surface area contributed by atoms with Crippen LogP contribution in [0, 0.1) is 6.92 Å². The van der Waals surface area contributed by atoms with Crippen LogP contribution in [0.2, 0.25) is 0 Å². The number of halogens is 2. The third-order valence-electron chi connectivity index (χ3n) is 6.38. The number of fused-ring (bicyclic) bond motifs is 3. The number of carbonyl (C=O) groups is 2. The Labute approximate surface area is 265 Å². The molecule has 1 aliphatic carbocycles. The number of carboxylic acids is 1. The number of carbonyl (C=O) groups excluding carboxylic acids is 1. The van der Waals surface area contributed by atoms with Crippen molar-refractivity contribution in [2.24, 2.45) is 5.73 Å². The fraction of sp³-hybridized carbons (Fsp3) is 0.219. The van der Waals surface area contributed by atoms with E-state index in [1.54, 1.807) is 13.0 Å². The Hall–Kier alpha value is -3.15. The summed E-state index contributed by atoms with van der Waals surface area (Å²) in [6, 6.07) is 19.7. The Balaban J connectivity index is 0.000000133. The lowest BCUT2D eigenvalue weighted by Crippen LogP contribution is -2.18. The second kappa shape index (κ2) is 14.8. The van der Waals surface area contributed by atoms with Crippen molar-refractivity contribution in [2.45, 2.75) is 32.7 Å². The van der Waals surface area contributed by atoms with Gasteiger partial charge in [-0.2, -0.15) is 0 Å². The van der Waals surface area contributed by atoms with Gasteiger partial charge in [-0.15, -0.1) is 11.3 Å². The first-order valence-corrected chi connectivity index (χ1v) is 15.7. The van der Waals surface area contributed by atoms with Crippen LogP contribution in [0.15, 0.2) is 75.7 Å². The van der Waals surface area contributed by atoms with Gasteiger partial charge in [0, 0.05) is 56.2 Å². The molecular formula is C32H31Br2N3O4S. The standard InChI is InChI=1S/C10H8BrNO.C9H5BrO2S.C9H9N.C4H9NO/c1-6(13)9-4-7-2-3-8(11)5-10(7)12-9;10-6-2-1-5-3-8(9(11)12)13-7(5)4-6;1-7-5-6-8-3-2-4-9(8)10-7;5-4-1-2-6-3-4/h2-5,12H,1H3;1-4H,(H,11,12);2-3,5-6H,4H2,1H3;4H,1-3,5H2. The van der Waals surface area contributed by atoms with Gasteiger partial charge in [-0.1, -0.05) is 62.2 Å². The summed E-state index contributed by atoms with van der Waals surface area (Å²) in [6.45, 7) is 5.21. The Kier molecular flexibility index (Phi) is 11.2. The van der Waals surface area contributed by atoms with Gasteiger partial charge in [0.2, 0.25) is 0 Å². The predicted octanol–water partition coefficient (Wildman–Crippen LogP) is 8.19. The van der Waals surface area contributed by atoms with E-state index >= 15 is 0 Å². The molecular weight excluding hydrogens is 682 g/mol. The van der Waals surface area contributed by atoms with Crippen LogP contribution in [-0.4, -0.2) is 46.1 Å². The molecule has 4 N–H and O–H groups in total. The van der Waals surface area contributed by atoms with E-state index in [4.69, 9.17) is 15.6 Å². The summed E-state index contributed by atoms with van der Waals surface area (Å²) in [5.41, 5.74) is 10.7. The molecule has 0 saturated carbocycles. The van der Waals surface area contributed by atoms with E-state index in [1.165, 1.54) is 22.6 Å². The molecule has 7 rings (SSSR count). The zero-order valence-electron chi connectivity index (χ0n) is 23.2. The van der Waals surface area contributed by atoms with Crippen LogP contribution in [-0.2, 0) is 11.2 Å². The van der Waals surface area contributed by atoms with Crippen LogP contribution in [0.1, 0.15) is 50.5 Å². The molecule has 0 radical (unpaired) electrons. The van der Waals surface area contributed by atoms with Crippen molar-refractivity contribution in [3.8, 4) is 0 Å².